The van der Waals surface area contributed by atoms with Crippen molar-refractivity contribution >= 4 is 39.2 Å². The van der Waals surface area contributed by atoms with E-state index in [1.54, 1.807) is 37.8 Å². The van der Waals surface area contributed by atoms with Crippen molar-refractivity contribution in [3.63, 3.8) is 0 Å². The van der Waals surface area contributed by atoms with Crippen LogP contribution < -0.4 is 18.9 Å². The largest absolute Gasteiger partial charge is 0.496 e. The molecule has 0 radical (unpaired) electrons. The number of likely N-dealkylation sites (N-methyl/N-ethyl adjacent to an activating group) is 1. The van der Waals surface area contributed by atoms with E-state index in [0.717, 1.165) is 66.2 Å². The summed E-state index contributed by atoms with van der Waals surface area (Å²) in [6, 6.07) is 20.5. The number of aromatic nitrogens is 6. The highest BCUT2D eigenvalue weighted by Gasteiger charge is 2.28. The fourth-order valence-corrected chi connectivity index (χ4v) is 8.66. The van der Waals surface area contributed by atoms with E-state index in [9.17, 15) is 9.90 Å². The fourth-order valence-electron chi connectivity index (χ4n) is 7.75. The first-order valence-electron chi connectivity index (χ1n) is 21.3. The molecule has 0 spiro atoms. The summed E-state index contributed by atoms with van der Waals surface area (Å²) in [4.78, 5) is 31.9. The zero-order valence-electron chi connectivity index (χ0n) is 36.5. The van der Waals surface area contributed by atoms with E-state index in [2.05, 4.69) is 40.8 Å². The molecule has 1 aliphatic heterocycles. The van der Waals surface area contributed by atoms with Gasteiger partial charge in [0.1, 0.15) is 30.5 Å². The molecule has 0 amide bonds. The minimum Gasteiger partial charge on any atom is -0.496 e. The van der Waals surface area contributed by atoms with Crippen LogP contribution in [-0.4, -0.2) is 110 Å². The van der Waals surface area contributed by atoms with Gasteiger partial charge in [0.25, 0.3) is 0 Å². The van der Waals surface area contributed by atoms with E-state index in [1.165, 1.54) is 11.5 Å². The molecule has 1 unspecified atom stereocenters. The third-order valence-electron chi connectivity index (χ3n) is 11.2. The van der Waals surface area contributed by atoms with E-state index < -0.39 is 12.1 Å². The zero-order valence-corrected chi connectivity index (χ0v) is 38.1. The van der Waals surface area contributed by atoms with Gasteiger partial charge in [0.15, 0.2) is 5.82 Å². The standard InChI is InChI=1S/C48H51ClN8O6S/c1-30(2)27-57-28-33(25-52-57)45-42(35-14-15-39(44(49)31(35)3)61-23-22-56-20-18-55(4)19-21-56)43-41(26-51-45)64-54-47(43)63-40(48(58)59)24-32-10-6-8-12-37(32)62-29-34-16-17-50-46(53-34)36-11-7-9-13-38(36)60-5/h6-17,25-26,28,30,40H,18-24,27,29H2,1-5H3,(H,58,59). The Morgan fingerprint density at radius 2 is 1.70 bits per heavy atom. The molecule has 1 saturated heterocycles. The Morgan fingerprint density at radius 1 is 0.922 bits per heavy atom. The molecule has 8 rings (SSSR count). The maximum atomic E-state index is 13.1. The Kier molecular flexibility index (Phi) is 14.0. The number of aliphatic carboxylic acids is 1. The Morgan fingerprint density at radius 3 is 2.48 bits per heavy atom. The van der Waals surface area contributed by atoms with Crippen LogP contribution in [0.5, 0.6) is 23.1 Å². The van der Waals surface area contributed by atoms with Crippen LogP contribution in [0.25, 0.3) is 43.9 Å². The number of methoxy groups -OCH3 is 1. The number of benzene rings is 3. The summed E-state index contributed by atoms with van der Waals surface area (Å²) in [6.45, 7) is 12.4. The predicted octanol–water partition coefficient (Wildman–Crippen LogP) is 8.59. The summed E-state index contributed by atoms with van der Waals surface area (Å²) in [5.74, 6) is 1.64. The van der Waals surface area contributed by atoms with Crippen LogP contribution >= 0.6 is 23.1 Å². The Hall–Kier alpha value is -6.13. The number of hydrogen-bond acceptors (Lipinski definition) is 13. The van der Waals surface area contributed by atoms with Crippen molar-refractivity contribution in [3.8, 4) is 56.9 Å². The number of halogens is 1. The van der Waals surface area contributed by atoms with Gasteiger partial charge in [0.2, 0.25) is 12.0 Å². The highest BCUT2D eigenvalue weighted by molar-refractivity contribution is 7.13. The van der Waals surface area contributed by atoms with Crippen molar-refractivity contribution in [1.29, 1.82) is 0 Å². The second-order valence-corrected chi connectivity index (χ2v) is 17.4. The number of carboxylic acid groups (broad SMARTS) is 1. The van der Waals surface area contributed by atoms with Crippen molar-refractivity contribution in [2.24, 2.45) is 5.92 Å². The van der Waals surface area contributed by atoms with Crippen molar-refractivity contribution in [2.45, 2.75) is 46.4 Å². The summed E-state index contributed by atoms with van der Waals surface area (Å²) in [7, 11) is 3.75. The molecule has 16 heteroatoms. The van der Waals surface area contributed by atoms with Crippen LogP contribution in [0, 0.1) is 12.8 Å². The molecule has 0 aliphatic carbocycles. The van der Waals surface area contributed by atoms with Crippen LogP contribution in [0.1, 0.15) is 30.7 Å². The van der Waals surface area contributed by atoms with Gasteiger partial charge in [0.05, 0.1) is 45.4 Å². The minimum absolute atomic E-state index is 0.0129. The van der Waals surface area contributed by atoms with E-state index in [4.69, 9.17) is 44.9 Å². The van der Waals surface area contributed by atoms with E-state index >= 15 is 0 Å². The monoisotopic (exact) mass is 902 g/mol. The molecule has 1 aliphatic rings. The quantitative estimate of drug-likeness (QED) is 0.0877. The lowest BCUT2D eigenvalue weighted by atomic mass is 9.94. The lowest BCUT2D eigenvalue weighted by molar-refractivity contribution is -0.145. The van der Waals surface area contributed by atoms with E-state index in [1.807, 2.05) is 72.4 Å². The molecule has 3 aromatic carbocycles. The first-order valence-corrected chi connectivity index (χ1v) is 22.4. The molecule has 1 N–H and O–H groups in total. The number of para-hydroxylation sites is 2. The number of fused-ring (bicyclic) bond motifs is 1. The molecule has 1 atom stereocenters. The predicted molar refractivity (Wildman–Crippen MR) is 249 cm³/mol. The molecule has 332 valence electrons. The van der Waals surface area contributed by atoms with Gasteiger partial charge >= 0.3 is 5.97 Å². The number of rotatable bonds is 18. The first-order chi connectivity index (χ1) is 31.1. The number of hydrogen-bond donors (Lipinski definition) is 1. The van der Waals surface area contributed by atoms with E-state index in [-0.39, 0.29) is 18.9 Å². The number of piperazine rings is 1. The lowest BCUT2D eigenvalue weighted by Crippen LogP contribution is -2.45. The summed E-state index contributed by atoms with van der Waals surface area (Å²) in [5, 5.41) is 16.4. The molecule has 4 aromatic heterocycles. The molecule has 64 heavy (non-hydrogen) atoms. The summed E-state index contributed by atoms with van der Waals surface area (Å²) in [6.07, 6.45) is 5.85. The fraction of sp³-hybridized carbons (Fsp3) is 0.333. The molecule has 0 saturated carbocycles. The minimum atomic E-state index is -1.33. The summed E-state index contributed by atoms with van der Waals surface area (Å²) in [5.41, 5.74) is 5.73. The SMILES string of the molecule is COc1ccccc1-c1nccc(COc2ccccc2CC(Oc2nsc3cnc(-c4cnn(CC(C)C)c4)c(-c4ccc(OCCN5CCN(C)CC5)c(Cl)c4C)c23)C(=O)O)n1. The Labute approximate surface area is 381 Å². The maximum Gasteiger partial charge on any atom is 0.345 e. The van der Waals surface area contributed by atoms with Gasteiger partial charge < -0.3 is 29.0 Å². The van der Waals surface area contributed by atoms with Gasteiger partial charge in [0, 0.05) is 75.4 Å². The van der Waals surface area contributed by atoms with Gasteiger partial charge in [-0.2, -0.15) is 9.47 Å². The molecular formula is C48H51ClN8O6S. The van der Waals surface area contributed by atoms with Gasteiger partial charge in [-0.1, -0.05) is 61.8 Å². The number of ether oxygens (including phenoxy) is 4. The normalized spacial score (nSPS) is 13.9. The second kappa shape index (κ2) is 20.1. The highest BCUT2D eigenvalue weighted by Crippen LogP contribution is 2.46. The second-order valence-electron chi connectivity index (χ2n) is 16.2. The van der Waals surface area contributed by atoms with Crippen LogP contribution in [-0.2, 0) is 24.4 Å². The van der Waals surface area contributed by atoms with Gasteiger partial charge in [-0.05, 0) is 78.4 Å². The zero-order chi connectivity index (χ0) is 44.7. The van der Waals surface area contributed by atoms with Crippen molar-refractivity contribution < 1.29 is 28.8 Å². The van der Waals surface area contributed by atoms with Crippen molar-refractivity contribution in [3.05, 3.63) is 113 Å². The smallest absolute Gasteiger partial charge is 0.345 e. The molecule has 7 aromatic rings. The average Bonchev–Trinajstić information content (AvgIpc) is 3.94. The van der Waals surface area contributed by atoms with E-state index in [0.29, 0.717) is 68.5 Å². The first kappa shape index (κ1) is 44.5. The highest BCUT2D eigenvalue weighted by atomic mass is 35.5. The van der Waals surface area contributed by atoms with Crippen molar-refractivity contribution in [1.82, 2.24) is 38.9 Å². The van der Waals surface area contributed by atoms with Gasteiger partial charge in [-0.25, -0.2) is 14.8 Å². The van der Waals surface area contributed by atoms with Crippen LogP contribution in [0.2, 0.25) is 5.02 Å². The number of nitrogens with zero attached hydrogens (tertiary/aromatic N) is 8. The maximum absolute atomic E-state index is 13.1. The topological polar surface area (TPSA) is 150 Å². The van der Waals surface area contributed by atoms with Crippen LogP contribution in [0.3, 0.4) is 0 Å². The molecular weight excluding hydrogens is 852 g/mol. The van der Waals surface area contributed by atoms with Crippen LogP contribution in [0.4, 0.5) is 0 Å². The Bertz CT molecular complexity index is 2740. The lowest BCUT2D eigenvalue weighted by Gasteiger charge is -2.32. The molecule has 5 heterocycles. The number of carbonyl (C=O) groups is 1. The Balaban J connectivity index is 1.09. The van der Waals surface area contributed by atoms with Gasteiger partial charge in [-0.3, -0.25) is 14.6 Å². The van der Waals surface area contributed by atoms with Crippen LogP contribution in [0.15, 0.2) is 91.5 Å². The average molecular weight is 904 g/mol. The number of carboxylic acids is 1. The summed E-state index contributed by atoms with van der Waals surface area (Å²) >= 11 is 8.32. The summed E-state index contributed by atoms with van der Waals surface area (Å²) < 4.78 is 31.9. The third-order valence-corrected chi connectivity index (χ3v) is 12.4. The third kappa shape index (κ3) is 10.1. The molecule has 0 bridgehead atoms. The van der Waals surface area contributed by atoms with Crippen molar-refractivity contribution in [2.75, 3.05) is 53.5 Å². The molecule has 1 fully saturated rings. The molecule has 14 nitrogen and oxygen atoms in total. The van der Waals surface area contributed by atoms with Gasteiger partial charge in [-0.15, -0.1) is 0 Å². The number of pyridine rings is 1.